The molecule has 0 atom stereocenters. The third-order valence-electron chi connectivity index (χ3n) is 2.08. The van der Waals surface area contributed by atoms with Crippen LogP contribution in [-0.4, -0.2) is 10.9 Å². The fourth-order valence-corrected chi connectivity index (χ4v) is 1.71. The summed E-state index contributed by atoms with van der Waals surface area (Å²) in [7, 11) is 0. The lowest BCUT2D eigenvalue weighted by molar-refractivity contribution is 0.514. The van der Waals surface area contributed by atoms with Crippen molar-refractivity contribution in [3.63, 3.8) is 0 Å². The number of halogens is 3. The number of benzene rings is 1. The molecule has 1 aromatic carbocycles. The van der Waals surface area contributed by atoms with Crippen LogP contribution in [0.5, 0.6) is 0 Å². The third-order valence-corrected chi connectivity index (χ3v) is 2.65. The Labute approximate surface area is 102 Å². The summed E-state index contributed by atoms with van der Waals surface area (Å²) in [6, 6.07) is 4.54. The number of aromatic nitrogens is 1. The van der Waals surface area contributed by atoms with E-state index < -0.39 is 5.82 Å². The molecule has 0 saturated heterocycles. The first-order valence-electron chi connectivity index (χ1n) is 4.67. The minimum atomic E-state index is -0.477. The quantitative estimate of drug-likeness (QED) is 0.782. The van der Waals surface area contributed by atoms with Crippen molar-refractivity contribution < 1.29 is 8.81 Å². The summed E-state index contributed by atoms with van der Waals surface area (Å²) in [5, 5.41) is 0.0380. The van der Waals surface area contributed by atoms with Gasteiger partial charge in [0.1, 0.15) is 5.82 Å². The largest absolute Gasteiger partial charge is 0.441 e. The van der Waals surface area contributed by atoms with Crippen LogP contribution in [0.25, 0.3) is 11.3 Å². The molecule has 0 saturated carbocycles. The van der Waals surface area contributed by atoms with Gasteiger partial charge in [-0.1, -0.05) is 17.7 Å². The molecular formula is C11H8Cl2FNO. The van der Waals surface area contributed by atoms with Gasteiger partial charge in [-0.3, -0.25) is 0 Å². The first-order chi connectivity index (χ1) is 7.72. The van der Waals surface area contributed by atoms with Gasteiger partial charge in [0.15, 0.2) is 11.7 Å². The third kappa shape index (κ3) is 2.20. The maximum absolute atomic E-state index is 13.2. The molecule has 1 heterocycles. The number of oxazole rings is 1. The molecule has 0 unspecified atom stereocenters. The van der Waals surface area contributed by atoms with Crippen LogP contribution in [0.2, 0.25) is 5.02 Å². The first-order valence-corrected chi connectivity index (χ1v) is 5.58. The summed E-state index contributed by atoms with van der Waals surface area (Å²) in [6.45, 7) is 0. The Morgan fingerprint density at radius 1 is 1.38 bits per heavy atom. The van der Waals surface area contributed by atoms with Crippen molar-refractivity contribution in [3.05, 3.63) is 41.1 Å². The van der Waals surface area contributed by atoms with Gasteiger partial charge in [-0.05, 0) is 12.1 Å². The monoisotopic (exact) mass is 259 g/mol. The zero-order chi connectivity index (χ0) is 11.5. The topological polar surface area (TPSA) is 26.0 Å². The van der Waals surface area contributed by atoms with Crippen LogP contribution in [0.4, 0.5) is 4.39 Å². The van der Waals surface area contributed by atoms with Gasteiger partial charge in [0.05, 0.1) is 11.2 Å². The van der Waals surface area contributed by atoms with Gasteiger partial charge < -0.3 is 4.42 Å². The van der Waals surface area contributed by atoms with Crippen LogP contribution < -0.4 is 0 Å². The molecule has 1 aromatic heterocycles. The first kappa shape index (κ1) is 11.4. The van der Waals surface area contributed by atoms with Crippen LogP contribution in [0, 0.1) is 5.82 Å². The van der Waals surface area contributed by atoms with Crippen LogP contribution in [0.15, 0.2) is 28.8 Å². The molecule has 0 spiro atoms. The van der Waals surface area contributed by atoms with Crippen molar-refractivity contribution in [1.82, 2.24) is 4.98 Å². The highest BCUT2D eigenvalue weighted by molar-refractivity contribution is 6.33. The number of rotatable bonds is 3. The van der Waals surface area contributed by atoms with E-state index in [1.54, 1.807) is 12.1 Å². The lowest BCUT2D eigenvalue weighted by Crippen LogP contribution is -1.84. The van der Waals surface area contributed by atoms with Gasteiger partial charge in [0.2, 0.25) is 0 Å². The van der Waals surface area contributed by atoms with Gasteiger partial charge in [-0.15, -0.1) is 11.6 Å². The molecule has 0 amide bonds. The summed E-state index contributed by atoms with van der Waals surface area (Å²) in [4.78, 5) is 4.02. The normalized spacial score (nSPS) is 10.7. The van der Waals surface area contributed by atoms with E-state index in [4.69, 9.17) is 27.6 Å². The number of aryl methyl sites for hydroxylation is 1. The molecule has 84 valence electrons. The van der Waals surface area contributed by atoms with E-state index in [1.807, 2.05) is 0 Å². The Kier molecular flexibility index (Phi) is 3.46. The maximum Gasteiger partial charge on any atom is 0.196 e. The Morgan fingerprint density at radius 2 is 2.19 bits per heavy atom. The SMILES string of the molecule is Fc1cccc(-c2cnc(CCCl)o2)c1Cl. The zero-order valence-corrected chi connectivity index (χ0v) is 9.72. The van der Waals surface area contributed by atoms with Crippen molar-refractivity contribution >= 4 is 23.2 Å². The van der Waals surface area contributed by atoms with Gasteiger partial charge in [-0.25, -0.2) is 9.37 Å². The van der Waals surface area contributed by atoms with Crippen LogP contribution in [0.3, 0.4) is 0 Å². The second-order valence-electron chi connectivity index (χ2n) is 3.16. The van der Waals surface area contributed by atoms with Crippen molar-refractivity contribution in [2.45, 2.75) is 6.42 Å². The number of hydrogen-bond acceptors (Lipinski definition) is 2. The second-order valence-corrected chi connectivity index (χ2v) is 3.91. The number of alkyl halides is 1. The van der Waals surface area contributed by atoms with E-state index >= 15 is 0 Å². The Morgan fingerprint density at radius 3 is 2.94 bits per heavy atom. The highest BCUT2D eigenvalue weighted by atomic mass is 35.5. The molecule has 0 aliphatic carbocycles. The predicted molar refractivity (Wildman–Crippen MR) is 61.3 cm³/mol. The van der Waals surface area contributed by atoms with Crippen LogP contribution >= 0.6 is 23.2 Å². The standard InChI is InChI=1S/C11H8Cl2FNO/c12-5-4-10-15-6-9(16-10)7-2-1-3-8(14)11(7)13/h1-3,6H,4-5H2. The fourth-order valence-electron chi connectivity index (χ4n) is 1.33. The predicted octanol–water partition coefficient (Wildman–Crippen LogP) is 3.92. The van der Waals surface area contributed by atoms with E-state index in [1.165, 1.54) is 12.3 Å². The smallest absolute Gasteiger partial charge is 0.196 e. The molecule has 0 aliphatic heterocycles. The number of nitrogens with zero attached hydrogens (tertiary/aromatic N) is 1. The molecule has 2 nitrogen and oxygen atoms in total. The zero-order valence-electron chi connectivity index (χ0n) is 8.21. The molecule has 2 rings (SSSR count). The Hall–Kier alpha value is -1.06. The van der Waals surface area contributed by atoms with E-state index in [-0.39, 0.29) is 5.02 Å². The van der Waals surface area contributed by atoms with Crippen molar-refractivity contribution in [3.8, 4) is 11.3 Å². The molecular weight excluding hydrogens is 252 g/mol. The van der Waals surface area contributed by atoms with E-state index in [9.17, 15) is 4.39 Å². The second kappa shape index (κ2) is 4.85. The Bertz CT molecular complexity index is 498. The lowest BCUT2D eigenvalue weighted by atomic mass is 10.2. The van der Waals surface area contributed by atoms with Gasteiger partial charge in [0, 0.05) is 17.9 Å². The van der Waals surface area contributed by atoms with Crippen molar-refractivity contribution in [2.24, 2.45) is 0 Å². The average molecular weight is 260 g/mol. The van der Waals surface area contributed by atoms with Crippen LogP contribution in [0.1, 0.15) is 5.89 Å². The van der Waals surface area contributed by atoms with Gasteiger partial charge in [0.25, 0.3) is 0 Å². The fraction of sp³-hybridized carbons (Fsp3) is 0.182. The van der Waals surface area contributed by atoms with E-state index in [0.717, 1.165) is 0 Å². The van der Waals surface area contributed by atoms with Crippen LogP contribution in [-0.2, 0) is 6.42 Å². The average Bonchev–Trinajstić information content (AvgIpc) is 2.71. The molecule has 0 radical (unpaired) electrons. The number of hydrogen-bond donors (Lipinski definition) is 0. The molecule has 0 fully saturated rings. The van der Waals surface area contributed by atoms with E-state index in [2.05, 4.69) is 4.98 Å². The minimum absolute atomic E-state index is 0.0380. The molecule has 0 N–H and O–H groups in total. The molecule has 16 heavy (non-hydrogen) atoms. The molecule has 5 heteroatoms. The van der Waals surface area contributed by atoms with Gasteiger partial charge in [-0.2, -0.15) is 0 Å². The highest BCUT2D eigenvalue weighted by Gasteiger charge is 2.12. The molecule has 0 bridgehead atoms. The Balaban J connectivity index is 2.39. The van der Waals surface area contributed by atoms with Crippen molar-refractivity contribution in [1.29, 1.82) is 0 Å². The van der Waals surface area contributed by atoms with E-state index in [0.29, 0.717) is 29.5 Å². The lowest BCUT2D eigenvalue weighted by Gasteiger charge is -2.00. The summed E-state index contributed by atoms with van der Waals surface area (Å²) in [6.07, 6.45) is 2.05. The maximum atomic E-state index is 13.2. The summed E-state index contributed by atoms with van der Waals surface area (Å²) in [5.74, 6) is 0.918. The summed E-state index contributed by atoms with van der Waals surface area (Å²) < 4.78 is 18.6. The summed E-state index contributed by atoms with van der Waals surface area (Å²) in [5.41, 5.74) is 0.495. The molecule has 0 aliphatic rings. The highest BCUT2D eigenvalue weighted by Crippen LogP contribution is 2.30. The van der Waals surface area contributed by atoms with Gasteiger partial charge >= 0.3 is 0 Å². The summed E-state index contributed by atoms with van der Waals surface area (Å²) >= 11 is 11.4. The van der Waals surface area contributed by atoms with Crippen molar-refractivity contribution in [2.75, 3.05) is 5.88 Å². The minimum Gasteiger partial charge on any atom is -0.441 e. The molecule has 2 aromatic rings.